The molecule has 1 aromatic heterocycles. The van der Waals surface area contributed by atoms with Gasteiger partial charge >= 0.3 is 0 Å². The molecule has 2 heterocycles. The summed E-state index contributed by atoms with van der Waals surface area (Å²) in [5.74, 6) is 1.27. The van der Waals surface area contributed by atoms with Crippen LogP contribution in [-0.4, -0.2) is 50.4 Å². The number of sulfonamides is 1. The monoisotopic (exact) mass is 438 g/mol. The summed E-state index contributed by atoms with van der Waals surface area (Å²) in [7, 11) is 1.72. The average Bonchev–Trinajstić information content (AvgIpc) is 3.30. The van der Waals surface area contributed by atoms with Crippen LogP contribution in [0.2, 0.25) is 0 Å². The standard InChI is InChI=1S/C23H26N4O3S/c1-26(2)23-24-16-20(17-9-7-10-18(15-17)30-3)22(25-23)21-13-8-14-27(21)31(28,29)19-11-5-4-6-12-19/h4-7,9-12,15-16,21H,8,13-14H2,1-3H3/t21-/m0/s1. The number of hydrogen-bond acceptors (Lipinski definition) is 6. The molecule has 0 aliphatic carbocycles. The minimum Gasteiger partial charge on any atom is -0.497 e. The van der Waals surface area contributed by atoms with E-state index in [1.54, 1.807) is 41.9 Å². The summed E-state index contributed by atoms with van der Waals surface area (Å²) in [5, 5.41) is 0. The third-order valence-electron chi connectivity index (χ3n) is 5.46. The summed E-state index contributed by atoms with van der Waals surface area (Å²) < 4.78 is 33.8. The van der Waals surface area contributed by atoms with Gasteiger partial charge in [0.2, 0.25) is 16.0 Å². The van der Waals surface area contributed by atoms with Crippen LogP contribution in [0.3, 0.4) is 0 Å². The minimum atomic E-state index is -3.65. The maximum absolute atomic E-state index is 13.4. The Balaban J connectivity index is 1.84. The van der Waals surface area contributed by atoms with Crippen molar-refractivity contribution < 1.29 is 13.2 Å². The number of ether oxygens (including phenoxy) is 1. The predicted octanol–water partition coefficient (Wildman–Crippen LogP) is 3.74. The Morgan fingerprint density at radius 3 is 2.58 bits per heavy atom. The van der Waals surface area contributed by atoms with Gasteiger partial charge < -0.3 is 9.64 Å². The van der Waals surface area contributed by atoms with Crippen LogP contribution in [0.1, 0.15) is 24.6 Å². The summed E-state index contributed by atoms with van der Waals surface area (Å²) in [6.45, 7) is 0.459. The zero-order valence-electron chi connectivity index (χ0n) is 17.9. The van der Waals surface area contributed by atoms with Crippen LogP contribution in [0.4, 0.5) is 5.95 Å². The highest BCUT2D eigenvalue weighted by molar-refractivity contribution is 7.89. The van der Waals surface area contributed by atoms with Crippen molar-refractivity contribution in [3.8, 4) is 16.9 Å². The third kappa shape index (κ3) is 4.13. The molecular weight excluding hydrogens is 412 g/mol. The van der Waals surface area contributed by atoms with E-state index in [2.05, 4.69) is 4.98 Å². The van der Waals surface area contributed by atoms with Crippen LogP contribution >= 0.6 is 0 Å². The summed E-state index contributed by atoms with van der Waals surface area (Å²) in [5.41, 5.74) is 2.41. The van der Waals surface area contributed by atoms with E-state index in [1.165, 1.54) is 0 Å². The lowest BCUT2D eigenvalue weighted by Crippen LogP contribution is -2.31. The van der Waals surface area contributed by atoms with Gasteiger partial charge in [-0.1, -0.05) is 30.3 Å². The van der Waals surface area contributed by atoms with Crippen molar-refractivity contribution in [3.05, 3.63) is 66.5 Å². The first kappa shape index (κ1) is 21.3. The zero-order chi connectivity index (χ0) is 22.0. The molecule has 1 aliphatic heterocycles. The molecular formula is C23H26N4O3S. The Morgan fingerprint density at radius 2 is 1.87 bits per heavy atom. The first-order valence-electron chi connectivity index (χ1n) is 10.2. The molecule has 8 heteroatoms. The Bertz CT molecular complexity index is 1170. The number of nitrogens with zero attached hydrogens (tertiary/aromatic N) is 4. The fourth-order valence-electron chi connectivity index (χ4n) is 3.90. The van der Waals surface area contributed by atoms with E-state index in [1.807, 2.05) is 49.3 Å². The summed E-state index contributed by atoms with van der Waals surface area (Å²) in [4.78, 5) is 11.4. The van der Waals surface area contributed by atoms with E-state index < -0.39 is 10.0 Å². The van der Waals surface area contributed by atoms with E-state index in [-0.39, 0.29) is 6.04 Å². The molecule has 0 spiro atoms. The predicted molar refractivity (Wildman–Crippen MR) is 121 cm³/mol. The zero-order valence-corrected chi connectivity index (χ0v) is 18.7. The Hall–Kier alpha value is -2.97. The van der Waals surface area contributed by atoms with Gasteiger partial charge in [-0.25, -0.2) is 18.4 Å². The third-order valence-corrected chi connectivity index (χ3v) is 7.38. The Labute approximate surface area is 183 Å². The van der Waals surface area contributed by atoms with Crippen LogP contribution in [0.15, 0.2) is 65.7 Å². The smallest absolute Gasteiger partial charge is 0.243 e. The molecule has 0 N–H and O–H groups in total. The second-order valence-electron chi connectivity index (χ2n) is 7.68. The molecule has 0 bridgehead atoms. The number of anilines is 1. The molecule has 0 saturated carbocycles. The van der Waals surface area contributed by atoms with E-state index >= 15 is 0 Å². The minimum absolute atomic E-state index is 0.298. The average molecular weight is 439 g/mol. The quantitative estimate of drug-likeness (QED) is 0.584. The second kappa shape index (κ2) is 8.64. The fraction of sp³-hybridized carbons (Fsp3) is 0.304. The van der Waals surface area contributed by atoms with Gasteiger partial charge in [-0.3, -0.25) is 0 Å². The number of aromatic nitrogens is 2. The van der Waals surface area contributed by atoms with Crippen LogP contribution in [0, 0.1) is 0 Å². The van der Waals surface area contributed by atoms with Gasteiger partial charge in [0.05, 0.1) is 23.7 Å². The summed E-state index contributed by atoms with van der Waals surface area (Å²) >= 11 is 0. The molecule has 0 amide bonds. The first-order chi connectivity index (χ1) is 14.9. The van der Waals surface area contributed by atoms with Gasteiger partial charge in [0, 0.05) is 32.4 Å². The fourth-order valence-corrected chi connectivity index (χ4v) is 5.58. The van der Waals surface area contributed by atoms with E-state index in [0.29, 0.717) is 29.5 Å². The summed E-state index contributed by atoms with van der Waals surface area (Å²) in [6, 6.07) is 15.9. The Morgan fingerprint density at radius 1 is 1.10 bits per heavy atom. The molecule has 1 atom stereocenters. The van der Waals surface area contributed by atoms with Crippen molar-refractivity contribution in [1.82, 2.24) is 14.3 Å². The second-order valence-corrected chi connectivity index (χ2v) is 9.57. The molecule has 1 saturated heterocycles. The lowest BCUT2D eigenvalue weighted by molar-refractivity contribution is 0.391. The highest BCUT2D eigenvalue weighted by Crippen LogP contribution is 2.40. The van der Waals surface area contributed by atoms with E-state index in [9.17, 15) is 8.42 Å². The lowest BCUT2D eigenvalue weighted by atomic mass is 10.00. The lowest BCUT2D eigenvalue weighted by Gasteiger charge is -2.26. The van der Waals surface area contributed by atoms with Crippen LogP contribution in [0.5, 0.6) is 5.75 Å². The van der Waals surface area contributed by atoms with Gasteiger partial charge in [0.25, 0.3) is 0 Å². The van der Waals surface area contributed by atoms with Crippen molar-refractivity contribution in [3.63, 3.8) is 0 Å². The molecule has 2 aromatic carbocycles. The van der Waals surface area contributed by atoms with Crippen molar-refractivity contribution >= 4 is 16.0 Å². The largest absolute Gasteiger partial charge is 0.497 e. The van der Waals surface area contributed by atoms with Crippen LogP contribution < -0.4 is 9.64 Å². The molecule has 162 valence electrons. The Kier molecular flexibility index (Phi) is 5.93. The normalized spacial score (nSPS) is 16.9. The summed E-state index contributed by atoms with van der Waals surface area (Å²) in [6.07, 6.45) is 3.25. The van der Waals surface area contributed by atoms with Gasteiger partial charge in [-0.05, 0) is 42.7 Å². The number of methoxy groups -OCH3 is 1. The molecule has 7 nitrogen and oxygen atoms in total. The molecule has 31 heavy (non-hydrogen) atoms. The van der Waals surface area contributed by atoms with Gasteiger partial charge in [0.15, 0.2) is 0 Å². The van der Waals surface area contributed by atoms with Crippen LogP contribution in [0.25, 0.3) is 11.1 Å². The van der Waals surface area contributed by atoms with Crippen LogP contribution in [-0.2, 0) is 10.0 Å². The van der Waals surface area contributed by atoms with Crippen molar-refractivity contribution in [2.75, 3.05) is 32.6 Å². The number of benzene rings is 2. The molecule has 0 radical (unpaired) electrons. The maximum Gasteiger partial charge on any atom is 0.243 e. The van der Waals surface area contributed by atoms with Gasteiger partial charge in [0.1, 0.15) is 5.75 Å². The molecule has 4 rings (SSSR count). The molecule has 1 fully saturated rings. The van der Waals surface area contributed by atoms with Gasteiger partial charge in [-0.2, -0.15) is 4.31 Å². The maximum atomic E-state index is 13.4. The van der Waals surface area contributed by atoms with Crippen molar-refractivity contribution in [1.29, 1.82) is 0 Å². The van der Waals surface area contributed by atoms with E-state index in [4.69, 9.17) is 9.72 Å². The van der Waals surface area contributed by atoms with Gasteiger partial charge in [-0.15, -0.1) is 0 Å². The molecule has 0 unspecified atom stereocenters. The number of hydrogen-bond donors (Lipinski definition) is 0. The molecule has 3 aromatic rings. The van der Waals surface area contributed by atoms with Crippen molar-refractivity contribution in [2.45, 2.75) is 23.8 Å². The molecule has 1 aliphatic rings. The number of rotatable bonds is 6. The SMILES string of the molecule is COc1cccc(-c2cnc(N(C)C)nc2[C@@H]2CCCN2S(=O)(=O)c2ccccc2)c1. The highest BCUT2D eigenvalue weighted by Gasteiger charge is 2.38. The van der Waals surface area contributed by atoms with E-state index in [0.717, 1.165) is 23.3 Å². The topological polar surface area (TPSA) is 75.6 Å². The first-order valence-corrected chi connectivity index (χ1v) is 11.6. The van der Waals surface area contributed by atoms with Crippen molar-refractivity contribution in [2.24, 2.45) is 0 Å². The highest BCUT2D eigenvalue weighted by atomic mass is 32.2.